The van der Waals surface area contributed by atoms with Crippen LogP contribution in [0.3, 0.4) is 0 Å². The molecule has 2 amide bonds. The van der Waals surface area contributed by atoms with E-state index in [1.54, 1.807) is 0 Å². The number of nitrogens with one attached hydrogen (secondary N) is 4. The molecule has 34 heavy (non-hydrogen) atoms. The fourth-order valence-corrected chi connectivity index (χ4v) is 5.70. The zero-order chi connectivity index (χ0) is 23.8. The Morgan fingerprint density at radius 2 is 1.94 bits per heavy atom. The molecule has 3 aliphatic carbocycles. The van der Waals surface area contributed by atoms with Crippen molar-refractivity contribution < 1.29 is 23.6 Å². The van der Waals surface area contributed by atoms with Gasteiger partial charge < -0.3 is 15.4 Å². The zero-order valence-electron chi connectivity index (χ0n) is 19.1. The third-order valence-corrected chi connectivity index (χ3v) is 7.92. The van der Waals surface area contributed by atoms with Gasteiger partial charge in [-0.3, -0.25) is 19.9 Å². The van der Waals surface area contributed by atoms with Crippen LogP contribution >= 0.6 is 11.6 Å². The van der Waals surface area contributed by atoms with Gasteiger partial charge in [0.15, 0.2) is 12.7 Å². The van der Waals surface area contributed by atoms with E-state index < -0.39 is 11.9 Å². The summed E-state index contributed by atoms with van der Waals surface area (Å²) in [5, 5.41) is 8.27. The Bertz CT molecular complexity index is 933. The molecule has 5 atom stereocenters. The van der Waals surface area contributed by atoms with E-state index in [0.717, 1.165) is 32.0 Å². The maximum Gasteiger partial charge on any atom is 0.258 e. The summed E-state index contributed by atoms with van der Waals surface area (Å²) in [4.78, 5) is 30.9. The minimum atomic E-state index is -0.592. The van der Waals surface area contributed by atoms with Crippen LogP contribution in [0.15, 0.2) is 18.2 Å². The van der Waals surface area contributed by atoms with Gasteiger partial charge in [0.05, 0.1) is 5.02 Å². The van der Waals surface area contributed by atoms with Gasteiger partial charge in [0.2, 0.25) is 0 Å². The zero-order valence-corrected chi connectivity index (χ0v) is 19.8. The van der Waals surface area contributed by atoms with Gasteiger partial charge in [-0.15, -0.1) is 0 Å². The summed E-state index contributed by atoms with van der Waals surface area (Å²) in [6.07, 6.45) is 2.78. The van der Waals surface area contributed by atoms with E-state index in [0.29, 0.717) is 30.6 Å². The first-order valence-electron chi connectivity index (χ1n) is 11.9. The summed E-state index contributed by atoms with van der Waals surface area (Å²) < 4.78 is 18.9. The Hall–Kier alpha value is -1.98. The molecule has 1 aromatic carbocycles. The highest BCUT2D eigenvalue weighted by Crippen LogP contribution is 2.46. The largest absolute Gasteiger partial charge is 0.484 e. The number of carbonyl (C=O) groups is 2. The predicted molar refractivity (Wildman–Crippen MR) is 122 cm³/mol. The Kier molecular flexibility index (Phi) is 6.95. The number of benzene rings is 1. The third-order valence-electron chi connectivity index (χ3n) is 7.61. The van der Waals surface area contributed by atoms with Gasteiger partial charge in [0, 0.05) is 56.7 Å². The molecule has 2 bridgehead atoms. The number of rotatable bonds is 7. The van der Waals surface area contributed by atoms with Crippen LogP contribution < -0.4 is 26.3 Å². The highest BCUT2D eigenvalue weighted by atomic mass is 35.5. The topological polar surface area (TPSA) is 104 Å². The smallest absolute Gasteiger partial charge is 0.258 e. The average Bonchev–Trinajstić information content (AvgIpc) is 3.43. The van der Waals surface area contributed by atoms with Gasteiger partial charge in [-0.1, -0.05) is 11.6 Å². The van der Waals surface area contributed by atoms with E-state index in [2.05, 4.69) is 26.5 Å². The van der Waals surface area contributed by atoms with E-state index in [4.69, 9.17) is 21.2 Å². The fourth-order valence-electron chi connectivity index (χ4n) is 5.59. The molecule has 0 aromatic heterocycles. The van der Waals surface area contributed by atoms with E-state index >= 15 is 0 Å². The van der Waals surface area contributed by atoms with Gasteiger partial charge in [0.25, 0.3) is 11.8 Å². The molecule has 5 fully saturated rings. The summed E-state index contributed by atoms with van der Waals surface area (Å²) in [5.41, 5.74) is 6.33. The predicted octanol–water partition coefficient (Wildman–Crippen LogP) is 0.986. The van der Waals surface area contributed by atoms with E-state index in [9.17, 15) is 14.0 Å². The number of amides is 2. The van der Waals surface area contributed by atoms with Crippen LogP contribution in [0.25, 0.3) is 0 Å². The number of hydrogen-bond donors (Lipinski definition) is 4. The maximum atomic E-state index is 13.5. The Morgan fingerprint density at radius 3 is 2.65 bits per heavy atom. The van der Waals surface area contributed by atoms with E-state index in [1.165, 1.54) is 12.1 Å². The summed E-state index contributed by atoms with van der Waals surface area (Å²) in [7, 11) is 2.01. The third kappa shape index (κ3) is 5.16. The maximum absolute atomic E-state index is 13.5. The standard InChI is InChI=1S/C23H31ClFN5O4/c1-30-10-14(9-26-30)20-8-21(34-29-20)23(32)28-19-7-18(12-4-13(19)5-12)27-22(31)11-33-15-2-3-16(24)17(25)6-15/h2-3,6,12-14,18-21,26,29H,4-5,7-11H2,1H3,(H,27,31)(H,28,32). The lowest BCUT2D eigenvalue weighted by Crippen LogP contribution is -2.61. The molecule has 0 spiro atoms. The van der Waals surface area contributed by atoms with Crippen molar-refractivity contribution in [1.29, 1.82) is 0 Å². The summed E-state index contributed by atoms with van der Waals surface area (Å²) in [6, 6.07) is 4.20. The number of hydrazine groups is 1. The number of fused-ring (bicyclic) bond motifs is 2. The number of ether oxygens (including phenoxy) is 1. The number of hydroxylamine groups is 1. The summed E-state index contributed by atoms with van der Waals surface area (Å²) in [5.74, 6) is 0.545. The number of nitrogens with zero attached hydrogens (tertiary/aromatic N) is 1. The lowest BCUT2D eigenvalue weighted by Gasteiger charge is -2.51. The van der Waals surface area contributed by atoms with E-state index in [1.807, 2.05) is 7.05 Å². The van der Waals surface area contributed by atoms with Crippen LogP contribution in [0.2, 0.25) is 5.02 Å². The molecule has 2 heterocycles. The monoisotopic (exact) mass is 495 g/mol. The van der Waals surface area contributed by atoms with Crippen LogP contribution in [0.5, 0.6) is 5.75 Å². The molecule has 186 valence electrons. The molecule has 3 saturated carbocycles. The van der Waals surface area contributed by atoms with Gasteiger partial charge >= 0.3 is 0 Å². The van der Waals surface area contributed by atoms with Crippen LogP contribution in [0.4, 0.5) is 4.39 Å². The minimum Gasteiger partial charge on any atom is -0.484 e. The molecule has 9 nitrogen and oxygen atoms in total. The molecule has 11 heteroatoms. The second kappa shape index (κ2) is 9.94. The van der Waals surface area contributed by atoms with Crippen LogP contribution in [-0.2, 0) is 14.4 Å². The van der Waals surface area contributed by atoms with Crippen molar-refractivity contribution in [3.8, 4) is 5.75 Å². The second-order valence-electron chi connectivity index (χ2n) is 9.95. The molecule has 5 unspecified atom stereocenters. The van der Waals surface area contributed by atoms with Crippen LogP contribution in [0.1, 0.15) is 25.7 Å². The Morgan fingerprint density at radius 1 is 1.18 bits per heavy atom. The minimum absolute atomic E-state index is 0.00379. The number of halogens is 2. The Labute approximate surface area is 203 Å². The quantitative estimate of drug-likeness (QED) is 0.447. The second-order valence-corrected chi connectivity index (χ2v) is 10.4. The molecule has 2 aliphatic heterocycles. The van der Waals surface area contributed by atoms with Crippen LogP contribution in [-0.4, -0.2) is 67.8 Å². The molecular weight excluding hydrogens is 465 g/mol. The first kappa shape index (κ1) is 23.7. The van der Waals surface area contributed by atoms with Gasteiger partial charge in [-0.05, 0) is 43.2 Å². The van der Waals surface area contributed by atoms with Crippen molar-refractivity contribution in [2.75, 3.05) is 26.7 Å². The van der Waals surface area contributed by atoms with Crippen LogP contribution in [0, 0.1) is 23.6 Å². The molecule has 4 N–H and O–H groups in total. The molecule has 1 aromatic rings. The molecule has 6 rings (SSSR count). The molecular formula is C23H31ClFN5O4. The van der Waals surface area contributed by atoms with Crippen molar-refractivity contribution in [2.24, 2.45) is 17.8 Å². The van der Waals surface area contributed by atoms with Crippen molar-refractivity contribution in [2.45, 2.75) is 49.9 Å². The van der Waals surface area contributed by atoms with Gasteiger partial charge in [-0.25, -0.2) is 9.40 Å². The Balaban J connectivity index is 1.08. The normalized spacial score (nSPS) is 35.0. The number of carbonyl (C=O) groups excluding carboxylic acids is 2. The lowest BCUT2D eigenvalue weighted by molar-refractivity contribution is -0.135. The molecule has 0 radical (unpaired) electrons. The van der Waals surface area contributed by atoms with E-state index in [-0.39, 0.29) is 47.3 Å². The number of hydrogen-bond acceptors (Lipinski definition) is 7. The highest BCUT2D eigenvalue weighted by molar-refractivity contribution is 6.30. The van der Waals surface area contributed by atoms with Crippen molar-refractivity contribution in [3.63, 3.8) is 0 Å². The summed E-state index contributed by atoms with van der Waals surface area (Å²) >= 11 is 5.67. The van der Waals surface area contributed by atoms with Crippen molar-refractivity contribution in [3.05, 3.63) is 29.0 Å². The average molecular weight is 496 g/mol. The van der Waals surface area contributed by atoms with Crippen molar-refractivity contribution >= 4 is 23.4 Å². The SMILES string of the molecule is CN1CC(C2CC(C(=O)NC3CC(NC(=O)COc4ccc(Cl)c(F)c4)C4CC3C4)ON2)CN1. The lowest BCUT2D eigenvalue weighted by atomic mass is 9.60. The fraction of sp³-hybridized carbons (Fsp3) is 0.652. The van der Waals surface area contributed by atoms with Gasteiger partial charge in [0.1, 0.15) is 11.6 Å². The molecule has 2 saturated heterocycles. The van der Waals surface area contributed by atoms with Gasteiger partial charge in [-0.2, -0.15) is 5.48 Å². The first-order valence-corrected chi connectivity index (χ1v) is 12.3. The summed E-state index contributed by atoms with van der Waals surface area (Å²) in [6.45, 7) is 1.58. The van der Waals surface area contributed by atoms with Crippen molar-refractivity contribution in [1.82, 2.24) is 26.5 Å². The first-order chi connectivity index (χ1) is 16.4. The highest BCUT2D eigenvalue weighted by Gasteiger charge is 2.48. The molecule has 5 aliphatic rings.